The fourth-order valence-corrected chi connectivity index (χ4v) is 2.58. The monoisotopic (exact) mass is 293 g/mol. The van der Waals surface area contributed by atoms with Crippen LogP contribution in [0.2, 0.25) is 0 Å². The molecule has 0 radical (unpaired) electrons. The van der Waals surface area contributed by atoms with Crippen molar-refractivity contribution in [3.63, 3.8) is 0 Å². The fraction of sp³-hybridized carbons (Fsp3) is 0.625. The first kappa shape index (κ1) is 15.6. The van der Waals surface area contributed by atoms with Crippen LogP contribution in [0.3, 0.4) is 0 Å². The first-order chi connectivity index (χ1) is 10.1. The van der Waals surface area contributed by atoms with Crippen molar-refractivity contribution in [1.82, 2.24) is 5.32 Å². The van der Waals surface area contributed by atoms with Gasteiger partial charge in [0.15, 0.2) is 6.10 Å². The Balaban J connectivity index is 1.95. The summed E-state index contributed by atoms with van der Waals surface area (Å²) in [5, 5.41) is 2.99. The summed E-state index contributed by atoms with van der Waals surface area (Å²) in [6.45, 7) is 3.99. The van der Waals surface area contributed by atoms with Gasteiger partial charge in [0.2, 0.25) is 5.76 Å². The van der Waals surface area contributed by atoms with Crippen molar-refractivity contribution in [3.8, 4) is 0 Å². The number of hydrogen-bond acceptors (Lipinski definition) is 4. The number of hydrogen-bond donors (Lipinski definition) is 1. The van der Waals surface area contributed by atoms with E-state index in [2.05, 4.69) is 5.32 Å². The zero-order valence-corrected chi connectivity index (χ0v) is 12.6. The third kappa shape index (κ3) is 4.62. The lowest BCUT2D eigenvalue weighted by Gasteiger charge is -2.21. The Morgan fingerprint density at radius 3 is 2.67 bits per heavy atom. The number of carbonyl (C=O) groups is 2. The summed E-state index contributed by atoms with van der Waals surface area (Å²) in [7, 11) is 0. The first-order valence-electron chi connectivity index (χ1n) is 7.61. The van der Waals surface area contributed by atoms with Crippen LogP contribution in [0.25, 0.3) is 0 Å². The molecule has 1 aromatic rings. The highest BCUT2D eigenvalue weighted by molar-refractivity contribution is 5.90. The molecule has 0 bridgehead atoms. The van der Waals surface area contributed by atoms with Gasteiger partial charge in [-0.05, 0) is 37.3 Å². The maximum Gasteiger partial charge on any atom is 0.374 e. The largest absolute Gasteiger partial charge is 0.457 e. The number of esters is 1. The fourth-order valence-electron chi connectivity index (χ4n) is 2.58. The summed E-state index contributed by atoms with van der Waals surface area (Å²) >= 11 is 0. The minimum atomic E-state index is -0.761. The van der Waals surface area contributed by atoms with Crippen LogP contribution in [-0.2, 0) is 9.53 Å². The van der Waals surface area contributed by atoms with E-state index in [-0.39, 0.29) is 23.6 Å². The molecule has 1 aromatic heterocycles. The standard InChI is InChI=1S/C16H23NO4/c1-11(2)10-14(15(18)17-12-6-3-4-7-12)21-16(19)13-8-5-9-20-13/h5,8-9,11-12,14H,3-4,6-7,10H2,1-2H3,(H,17,18)/t14-/m1/s1. The van der Waals surface area contributed by atoms with Crippen LogP contribution in [-0.4, -0.2) is 24.0 Å². The SMILES string of the molecule is CC(C)C[C@@H](OC(=O)c1ccco1)C(=O)NC1CCCC1. The third-order valence-corrected chi connectivity index (χ3v) is 3.65. The van der Waals surface area contributed by atoms with Crippen molar-refractivity contribution in [2.75, 3.05) is 0 Å². The predicted molar refractivity (Wildman–Crippen MR) is 77.8 cm³/mol. The van der Waals surface area contributed by atoms with E-state index in [1.807, 2.05) is 13.8 Å². The topological polar surface area (TPSA) is 68.5 Å². The van der Waals surface area contributed by atoms with Gasteiger partial charge < -0.3 is 14.5 Å². The first-order valence-corrected chi connectivity index (χ1v) is 7.61. The molecular weight excluding hydrogens is 270 g/mol. The molecule has 1 saturated carbocycles. The molecule has 5 nitrogen and oxygen atoms in total. The molecule has 1 aliphatic carbocycles. The number of rotatable bonds is 6. The smallest absolute Gasteiger partial charge is 0.374 e. The molecule has 0 spiro atoms. The number of nitrogens with one attached hydrogen (secondary N) is 1. The summed E-state index contributed by atoms with van der Waals surface area (Å²) in [6, 6.07) is 3.37. The molecule has 21 heavy (non-hydrogen) atoms. The molecule has 0 aliphatic heterocycles. The van der Waals surface area contributed by atoms with Crippen LogP contribution in [0.5, 0.6) is 0 Å². The number of carbonyl (C=O) groups excluding carboxylic acids is 2. The average Bonchev–Trinajstić information content (AvgIpc) is 3.10. The van der Waals surface area contributed by atoms with E-state index in [9.17, 15) is 9.59 Å². The van der Waals surface area contributed by atoms with Crippen LogP contribution in [0.1, 0.15) is 56.5 Å². The lowest BCUT2D eigenvalue weighted by molar-refractivity contribution is -0.131. The zero-order valence-electron chi connectivity index (χ0n) is 12.6. The van der Waals surface area contributed by atoms with Crippen molar-refractivity contribution >= 4 is 11.9 Å². The molecule has 5 heteroatoms. The van der Waals surface area contributed by atoms with Crippen LogP contribution in [0.4, 0.5) is 0 Å². The second-order valence-electron chi connectivity index (χ2n) is 5.99. The van der Waals surface area contributed by atoms with E-state index < -0.39 is 12.1 Å². The van der Waals surface area contributed by atoms with Gasteiger partial charge in [0.05, 0.1) is 6.26 Å². The van der Waals surface area contributed by atoms with Crippen LogP contribution < -0.4 is 5.32 Å². The summed E-state index contributed by atoms with van der Waals surface area (Å²) in [5.74, 6) is -0.408. The lowest BCUT2D eigenvalue weighted by atomic mass is 10.0. The molecule has 1 heterocycles. The minimum Gasteiger partial charge on any atom is -0.457 e. The Morgan fingerprint density at radius 1 is 1.38 bits per heavy atom. The van der Waals surface area contributed by atoms with E-state index in [0.29, 0.717) is 6.42 Å². The highest BCUT2D eigenvalue weighted by atomic mass is 16.6. The van der Waals surface area contributed by atoms with Crippen molar-refractivity contribution in [3.05, 3.63) is 24.2 Å². The zero-order chi connectivity index (χ0) is 15.2. The van der Waals surface area contributed by atoms with Crippen LogP contribution >= 0.6 is 0 Å². The maximum absolute atomic E-state index is 12.3. The van der Waals surface area contributed by atoms with Gasteiger partial charge in [0.1, 0.15) is 0 Å². The van der Waals surface area contributed by atoms with Gasteiger partial charge in [0, 0.05) is 6.04 Å². The summed E-state index contributed by atoms with van der Waals surface area (Å²) in [4.78, 5) is 24.3. The van der Waals surface area contributed by atoms with Crippen molar-refractivity contribution in [1.29, 1.82) is 0 Å². The van der Waals surface area contributed by atoms with E-state index in [1.54, 1.807) is 6.07 Å². The van der Waals surface area contributed by atoms with E-state index in [1.165, 1.54) is 12.3 Å². The van der Waals surface area contributed by atoms with Gasteiger partial charge in [-0.1, -0.05) is 26.7 Å². The van der Waals surface area contributed by atoms with E-state index in [0.717, 1.165) is 25.7 Å². The van der Waals surface area contributed by atoms with Gasteiger partial charge in [-0.15, -0.1) is 0 Å². The Morgan fingerprint density at radius 2 is 2.10 bits per heavy atom. The molecule has 1 amide bonds. The quantitative estimate of drug-likeness (QED) is 0.819. The van der Waals surface area contributed by atoms with Gasteiger partial charge in [-0.3, -0.25) is 4.79 Å². The number of ether oxygens (including phenoxy) is 1. The second-order valence-corrected chi connectivity index (χ2v) is 5.99. The summed E-state index contributed by atoms with van der Waals surface area (Å²) in [6.07, 6.45) is 5.46. The molecule has 1 atom stereocenters. The molecular formula is C16H23NO4. The summed E-state index contributed by atoms with van der Waals surface area (Å²) < 4.78 is 10.3. The Bertz CT molecular complexity index is 461. The normalized spacial score (nSPS) is 16.9. The minimum absolute atomic E-state index is 0.123. The number of furan rings is 1. The second kappa shape index (κ2) is 7.29. The molecule has 1 fully saturated rings. The summed E-state index contributed by atoms with van der Waals surface area (Å²) in [5.41, 5.74) is 0. The Hall–Kier alpha value is -1.78. The predicted octanol–water partition coefficient (Wildman–Crippen LogP) is 2.91. The maximum atomic E-state index is 12.3. The van der Waals surface area contributed by atoms with Gasteiger partial charge in [-0.25, -0.2) is 4.79 Å². The van der Waals surface area contributed by atoms with Crippen molar-refractivity contribution in [2.45, 2.75) is 58.1 Å². The van der Waals surface area contributed by atoms with Crippen molar-refractivity contribution < 1.29 is 18.7 Å². The molecule has 1 N–H and O–H groups in total. The Labute approximate surface area is 125 Å². The van der Waals surface area contributed by atoms with E-state index in [4.69, 9.17) is 9.15 Å². The highest BCUT2D eigenvalue weighted by Crippen LogP contribution is 2.19. The third-order valence-electron chi connectivity index (χ3n) is 3.65. The molecule has 116 valence electrons. The van der Waals surface area contributed by atoms with Gasteiger partial charge in [-0.2, -0.15) is 0 Å². The van der Waals surface area contributed by atoms with Gasteiger partial charge in [0.25, 0.3) is 5.91 Å². The van der Waals surface area contributed by atoms with Crippen LogP contribution in [0, 0.1) is 5.92 Å². The molecule has 1 aliphatic rings. The number of amides is 1. The molecule has 0 saturated heterocycles. The molecule has 2 rings (SSSR count). The van der Waals surface area contributed by atoms with Gasteiger partial charge >= 0.3 is 5.97 Å². The lowest BCUT2D eigenvalue weighted by Crippen LogP contribution is -2.42. The van der Waals surface area contributed by atoms with Crippen LogP contribution in [0.15, 0.2) is 22.8 Å². The average molecular weight is 293 g/mol. The molecule has 0 unspecified atom stereocenters. The highest BCUT2D eigenvalue weighted by Gasteiger charge is 2.28. The Kier molecular flexibility index (Phi) is 5.42. The van der Waals surface area contributed by atoms with Crippen molar-refractivity contribution in [2.24, 2.45) is 5.92 Å². The molecule has 0 aromatic carbocycles. The van der Waals surface area contributed by atoms with E-state index >= 15 is 0 Å².